The summed E-state index contributed by atoms with van der Waals surface area (Å²) in [7, 11) is 0. The monoisotopic (exact) mass is 439 g/mol. The van der Waals surface area contributed by atoms with Crippen LogP contribution in [0.4, 0.5) is 5.82 Å². The van der Waals surface area contributed by atoms with Gasteiger partial charge in [0.05, 0.1) is 5.39 Å². The summed E-state index contributed by atoms with van der Waals surface area (Å²) in [6, 6.07) is 16.1. The molecule has 1 saturated heterocycles. The normalized spacial score (nSPS) is 14.5. The van der Waals surface area contributed by atoms with Crippen LogP contribution in [0.25, 0.3) is 31.8 Å². The van der Waals surface area contributed by atoms with Crippen molar-refractivity contribution >= 4 is 50.6 Å². The average molecular weight is 440 g/mol. The van der Waals surface area contributed by atoms with Gasteiger partial charge >= 0.3 is 0 Å². The van der Waals surface area contributed by atoms with E-state index in [0.29, 0.717) is 0 Å². The van der Waals surface area contributed by atoms with Crippen LogP contribution >= 0.6 is 34.5 Å². The first-order chi connectivity index (χ1) is 14.2. The Bertz CT molecular complexity index is 1150. The predicted molar refractivity (Wildman–Crippen MR) is 124 cm³/mol. The van der Waals surface area contributed by atoms with Crippen molar-refractivity contribution < 1.29 is 0 Å². The van der Waals surface area contributed by atoms with Gasteiger partial charge < -0.3 is 4.90 Å². The topological polar surface area (TPSA) is 29.0 Å². The van der Waals surface area contributed by atoms with Gasteiger partial charge in [0, 0.05) is 33.6 Å². The van der Waals surface area contributed by atoms with Crippen LogP contribution in [0.1, 0.15) is 19.3 Å². The van der Waals surface area contributed by atoms with Crippen molar-refractivity contribution in [1.29, 1.82) is 0 Å². The molecule has 0 radical (unpaired) electrons. The van der Waals surface area contributed by atoms with Crippen molar-refractivity contribution in [3.05, 3.63) is 64.9 Å². The van der Waals surface area contributed by atoms with E-state index in [1.165, 1.54) is 29.7 Å². The van der Waals surface area contributed by atoms with Gasteiger partial charge in [-0.2, -0.15) is 0 Å². The van der Waals surface area contributed by atoms with E-state index in [1.54, 1.807) is 17.7 Å². The Morgan fingerprint density at radius 1 is 0.759 bits per heavy atom. The molecule has 4 aromatic rings. The van der Waals surface area contributed by atoms with Gasteiger partial charge in [0.1, 0.15) is 17.0 Å². The van der Waals surface area contributed by atoms with E-state index >= 15 is 0 Å². The van der Waals surface area contributed by atoms with Gasteiger partial charge in [0.25, 0.3) is 0 Å². The third kappa shape index (κ3) is 3.61. The van der Waals surface area contributed by atoms with Crippen LogP contribution < -0.4 is 4.90 Å². The Kier molecular flexibility index (Phi) is 5.17. The number of halogens is 2. The summed E-state index contributed by atoms with van der Waals surface area (Å²) < 4.78 is 0. The second-order valence-electron chi connectivity index (χ2n) is 7.25. The largest absolute Gasteiger partial charge is 0.356 e. The fourth-order valence-electron chi connectivity index (χ4n) is 3.96. The number of piperidine rings is 1. The highest BCUT2D eigenvalue weighted by atomic mass is 35.5. The van der Waals surface area contributed by atoms with E-state index in [-0.39, 0.29) is 0 Å². The van der Waals surface area contributed by atoms with Crippen LogP contribution in [0.15, 0.2) is 54.9 Å². The molecule has 1 aliphatic rings. The molecule has 0 aliphatic carbocycles. The van der Waals surface area contributed by atoms with Crippen molar-refractivity contribution in [3.63, 3.8) is 0 Å². The van der Waals surface area contributed by atoms with E-state index in [1.807, 2.05) is 24.3 Å². The number of rotatable bonds is 3. The second-order valence-corrected chi connectivity index (χ2v) is 9.12. The first kappa shape index (κ1) is 18.9. The summed E-state index contributed by atoms with van der Waals surface area (Å²) in [4.78, 5) is 14.0. The molecule has 2 aromatic carbocycles. The number of anilines is 1. The lowest BCUT2D eigenvalue weighted by Gasteiger charge is -2.28. The second kappa shape index (κ2) is 7.94. The third-order valence-corrected chi connectivity index (χ3v) is 7.01. The molecule has 3 heterocycles. The Hall–Kier alpha value is -2.14. The number of nitrogens with zero attached hydrogens (tertiary/aromatic N) is 3. The molecule has 1 aliphatic heterocycles. The van der Waals surface area contributed by atoms with Gasteiger partial charge in [-0.25, -0.2) is 9.97 Å². The van der Waals surface area contributed by atoms with Gasteiger partial charge in [0.15, 0.2) is 0 Å². The number of benzene rings is 2. The molecule has 0 spiro atoms. The summed E-state index contributed by atoms with van der Waals surface area (Å²) >= 11 is 14.0. The maximum absolute atomic E-state index is 6.17. The fraction of sp³-hybridized carbons (Fsp3) is 0.217. The summed E-state index contributed by atoms with van der Waals surface area (Å²) in [5.41, 5.74) is 3.43. The maximum atomic E-state index is 6.17. The number of aromatic nitrogens is 2. The van der Waals surface area contributed by atoms with Crippen LogP contribution in [-0.4, -0.2) is 23.1 Å². The lowest BCUT2D eigenvalue weighted by atomic mass is 9.99. The molecular weight excluding hydrogens is 421 g/mol. The lowest BCUT2D eigenvalue weighted by Crippen LogP contribution is -2.30. The zero-order valence-electron chi connectivity index (χ0n) is 15.7. The zero-order chi connectivity index (χ0) is 19.8. The van der Waals surface area contributed by atoms with E-state index in [2.05, 4.69) is 34.1 Å². The minimum absolute atomic E-state index is 0.730. The Balaban J connectivity index is 1.79. The molecular formula is C23H19Cl2N3S. The molecule has 0 bridgehead atoms. The summed E-state index contributed by atoms with van der Waals surface area (Å²) in [6.07, 6.45) is 5.39. The smallest absolute Gasteiger partial charge is 0.141 e. The Labute approximate surface area is 183 Å². The van der Waals surface area contributed by atoms with Crippen molar-refractivity contribution in [2.45, 2.75) is 19.3 Å². The molecule has 0 N–H and O–H groups in total. The molecule has 29 heavy (non-hydrogen) atoms. The summed E-state index contributed by atoms with van der Waals surface area (Å²) in [6.45, 7) is 2.08. The SMILES string of the molecule is Clc1ccc(-c2sc3ncnc(N4CCCCC4)c3c2-c2ccc(Cl)cc2)cc1. The molecule has 6 heteroatoms. The van der Waals surface area contributed by atoms with Crippen LogP contribution in [0, 0.1) is 0 Å². The summed E-state index contributed by atoms with van der Waals surface area (Å²) in [5, 5.41) is 2.59. The molecule has 3 nitrogen and oxygen atoms in total. The van der Waals surface area contributed by atoms with Gasteiger partial charge in [-0.3, -0.25) is 0 Å². The highest BCUT2D eigenvalue weighted by Crippen LogP contribution is 2.47. The summed E-state index contributed by atoms with van der Waals surface area (Å²) in [5.74, 6) is 1.04. The van der Waals surface area contributed by atoms with Gasteiger partial charge in [-0.1, -0.05) is 47.5 Å². The predicted octanol–water partition coefficient (Wildman–Crippen LogP) is 7.32. The minimum Gasteiger partial charge on any atom is -0.356 e. The third-order valence-electron chi connectivity index (χ3n) is 5.36. The van der Waals surface area contributed by atoms with Crippen LogP contribution in [0.2, 0.25) is 10.0 Å². The van der Waals surface area contributed by atoms with Crippen molar-refractivity contribution in [2.75, 3.05) is 18.0 Å². The fourth-order valence-corrected chi connectivity index (χ4v) is 5.38. The number of thiophene rings is 1. The van der Waals surface area contributed by atoms with Crippen LogP contribution in [0.5, 0.6) is 0 Å². The van der Waals surface area contributed by atoms with Crippen LogP contribution in [-0.2, 0) is 0 Å². The van der Waals surface area contributed by atoms with E-state index in [4.69, 9.17) is 28.2 Å². The molecule has 0 unspecified atom stereocenters. The quantitative estimate of drug-likeness (QED) is 0.334. The lowest BCUT2D eigenvalue weighted by molar-refractivity contribution is 0.574. The Morgan fingerprint density at radius 2 is 1.38 bits per heavy atom. The van der Waals surface area contributed by atoms with Crippen molar-refractivity contribution in [2.24, 2.45) is 0 Å². The molecule has 1 fully saturated rings. The number of hydrogen-bond acceptors (Lipinski definition) is 4. The first-order valence-corrected chi connectivity index (χ1v) is 11.3. The molecule has 0 atom stereocenters. The Morgan fingerprint density at radius 3 is 2.03 bits per heavy atom. The first-order valence-electron chi connectivity index (χ1n) is 9.75. The van der Waals surface area contributed by atoms with Crippen LogP contribution in [0.3, 0.4) is 0 Å². The number of fused-ring (bicyclic) bond motifs is 1. The molecule has 0 amide bonds. The maximum Gasteiger partial charge on any atom is 0.141 e. The molecule has 0 saturated carbocycles. The average Bonchev–Trinajstić information content (AvgIpc) is 3.15. The van der Waals surface area contributed by atoms with E-state index in [9.17, 15) is 0 Å². The minimum atomic E-state index is 0.730. The van der Waals surface area contributed by atoms with E-state index in [0.717, 1.165) is 50.3 Å². The highest BCUT2D eigenvalue weighted by Gasteiger charge is 2.23. The van der Waals surface area contributed by atoms with Crippen molar-refractivity contribution in [1.82, 2.24) is 9.97 Å². The van der Waals surface area contributed by atoms with E-state index < -0.39 is 0 Å². The van der Waals surface area contributed by atoms with Gasteiger partial charge in [0.2, 0.25) is 0 Å². The zero-order valence-corrected chi connectivity index (χ0v) is 18.1. The standard InChI is InChI=1S/C23H19Cl2N3S/c24-17-8-4-15(5-9-17)19-20-22(28-12-2-1-3-13-28)26-14-27-23(20)29-21(19)16-6-10-18(25)11-7-16/h4-11,14H,1-3,12-13H2. The highest BCUT2D eigenvalue weighted by molar-refractivity contribution is 7.22. The van der Waals surface area contributed by atoms with Gasteiger partial charge in [-0.15, -0.1) is 11.3 Å². The number of hydrogen-bond donors (Lipinski definition) is 0. The molecule has 2 aromatic heterocycles. The molecule has 5 rings (SSSR count). The van der Waals surface area contributed by atoms with Gasteiger partial charge in [-0.05, 0) is 54.7 Å². The van der Waals surface area contributed by atoms with Crippen molar-refractivity contribution in [3.8, 4) is 21.6 Å². The molecule has 146 valence electrons.